The molecule has 0 saturated carbocycles. The number of anilines is 1. The van der Waals surface area contributed by atoms with E-state index in [-0.39, 0.29) is 11.3 Å². The molecule has 1 aromatic heterocycles. The van der Waals surface area contributed by atoms with Crippen LogP contribution < -0.4 is 14.4 Å². The summed E-state index contributed by atoms with van der Waals surface area (Å²) in [5.41, 5.74) is 2.83. The number of ketones is 1. The number of aryl methyl sites for hydroxylation is 1. The van der Waals surface area contributed by atoms with Gasteiger partial charge in [0.15, 0.2) is 5.13 Å². The van der Waals surface area contributed by atoms with Crippen molar-refractivity contribution in [2.75, 3.05) is 18.6 Å². The molecule has 2 heterocycles. The number of aromatic nitrogens is 1. The molecule has 1 aliphatic heterocycles. The zero-order chi connectivity index (χ0) is 25.4. The van der Waals surface area contributed by atoms with E-state index in [1.807, 2.05) is 32.0 Å². The van der Waals surface area contributed by atoms with Gasteiger partial charge in [-0.3, -0.25) is 14.5 Å². The van der Waals surface area contributed by atoms with Gasteiger partial charge >= 0.3 is 5.91 Å². The van der Waals surface area contributed by atoms with Gasteiger partial charge in [-0.1, -0.05) is 29.5 Å². The van der Waals surface area contributed by atoms with E-state index >= 15 is 0 Å². The van der Waals surface area contributed by atoms with E-state index in [2.05, 4.69) is 4.98 Å². The van der Waals surface area contributed by atoms with Crippen LogP contribution in [0.15, 0.2) is 72.3 Å². The first-order valence-electron chi connectivity index (χ1n) is 11.5. The lowest BCUT2D eigenvalue weighted by Crippen LogP contribution is -2.29. The molecule has 1 N–H and O–H groups in total. The summed E-state index contributed by atoms with van der Waals surface area (Å²) in [5.74, 6) is -0.568. The molecule has 0 aliphatic carbocycles. The van der Waals surface area contributed by atoms with E-state index in [1.165, 1.54) is 16.2 Å². The molecule has 7 nitrogen and oxygen atoms in total. The van der Waals surface area contributed by atoms with Crippen LogP contribution in [0.25, 0.3) is 16.0 Å². The summed E-state index contributed by atoms with van der Waals surface area (Å²) in [5, 5.41) is 11.7. The van der Waals surface area contributed by atoms with Crippen LogP contribution in [0.3, 0.4) is 0 Å². The normalized spacial score (nSPS) is 17.1. The van der Waals surface area contributed by atoms with Crippen LogP contribution >= 0.6 is 11.3 Å². The third kappa shape index (κ3) is 4.09. The van der Waals surface area contributed by atoms with Crippen molar-refractivity contribution in [1.29, 1.82) is 0 Å². The molecular weight excluding hydrogens is 476 g/mol. The van der Waals surface area contributed by atoms with Crippen LogP contribution in [-0.4, -0.2) is 35.5 Å². The third-order valence-electron chi connectivity index (χ3n) is 6.03. The summed E-state index contributed by atoms with van der Waals surface area (Å²) in [4.78, 5) is 32.8. The van der Waals surface area contributed by atoms with Gasteiger partial charge in [0.25, 0.3) is 5.78 Å². The average Bonchev–Trinajstić information content (AvgIpc) is 3.42. The molecule has 1 saturated heterocycles. The molecule has 0 spiro atoms. The number of nitrogens with zero attached hydrogens (tertiary/aromatic N) is 2. The van der Waals surface area contributed by atoms with Crippen molar-refractivity contribution < 1.29 is 24.2 Å². The maximum Gasteiger partial charge on any atom is 0.301 e. The molecule has 1 atom stereocenters. The summed E-state index contributed by atoms with van der Waals surface area (Å²) in [6.45, 7) is 4.37. The minimum absolute atomic E-state index is 0.00662. The number of Topliss-reactive ketones (excluding diaryl/α,β-unsaturated/α-hetero) is 1. The van der Waals surface area contributed by atoms with Crippen LogP contribution in [0, 0.1) is 6.92 Å². The SMILES string of the molecule is CCOc1ccc(C(O)=C2C(=O)C(=O)N(c3nc4ccc(C)cc4s3)[C@H]2c2cccc(OC)c2)cc1. The second-order valence-corrected chi connectivity index (χ2v) is 9.38. The van der Waals surface area contributed by atoms with Crippen molar-refractivity contribution in [1.82, 2.24) is 4.98 Å². The number of carbonyl (C=O) groups is 2. The Morgan fingerprint density at radius 1 is 1.06 bits per heavy atom. The first-order valence-corrected chi connectivity index (χ1v) is 12.3. The van der Waals surface area contributed by atoms with Crippen LogP contribution in [-0.2, 0) is 9.59 Å². The van der Waals surface area contributed by atoms with Gasteiger partial charge in [0, 0.05) is 5.56 Å². The fraction of sp³-hybridized carbons (Fsp3) is 0.179. The van der Waals surface area contributed by atoms with Crippen molar-refractivity contribution in [3.8, 4) is 11.5 Å². The molecule has 182 valence electrons. The number of rotatable bonds is 6. The molecule has 5 rings (SSSR count). The molecule has 3 aromatic carbocycles. The first kappa shape index (κ1) is 23.6. The maximum atomic E-state index is 13.4. The highest BCUT2D eigenvalue weighted by Crippen LogP contribution is 2.45. The van der Waals surface area contributed by atoms with Gasteiger partial charge < -0.3 is 14.6 Å². The number of hydrogen-bond donors (Lipinski definition) is 1. The van der Waals surface area contributed by atoms with Gasteiger partial charge in [0.05, 0.1) is 35.5 Å². The summed E-state index contributed by atoms with van der Waals surface area (Å²) in [7, 11) is 1.55. The largest absolute Gasteiger partial charge is 0.507 e. The van der Waals surface area contributed by atoms with Crippen molar-refractivity contribution in [3.05, 3.63) is 89.0 Å². The second kappa shape index (κ2) is 9.47. The van der Waals surface area contributed by atoms with Gasteiger partial charge in [0.1, 0.15) is 17.3 Å². The van der Waals surface area contributed by atoms with E-state index in [9.17, 15) is 14.7 Å². The number of fused-ring (bicyclic) bond motifs is 1. The van der Waals surface area contributed by atoms with E-state index < -0.39 is 17.7 Å². The Hall–Kier alpha value is -4.17. The standard InChI is InChI=1S/C28H24N2O5S/c1-4-35-19-11-9-17(10-12-19)25(31)23-24(18-6-5-7-20(15-18)34-3)30(27(33)26(23)32)28-29-21-13-8-16(2)14-22(21)36-28/h5-15,24,31H,4H2,1-3H3/t24-/m0/s1. The van der Waals surface area contributed by atoms with Crippen molar-refractivity contribution in [3.63, 3.8) is 0 Å². The molecule has 0 unspecified atom stereocenters. The lowest BCUT2D eigenvalue weighted by molar-refractivity contribution is -0.132. The summed E-state index contributed by atoms with van der Waals surface area (Å²) in [6.07, 6.45) is 0. The highest BCUT2D eigenvalue weighted by Gasteiger charge is 2.48. The Morgan fingerprint density at radius 2 is 1.83 bits per heavy atom. The van der Waals surface area contributed by atoms with E-state index in [1.54, 1.807) is 55.6 Å². The maximum absolute atomic E-state index is 13.4. The molecule has 1 aliphatic rings. The summed E-state index contributed by atoms with van der Waals surface area (Å²) >= 11 is 1.33. The van der Waals surface area contributed by atoms with Gasteiger partial charge in [0.2, 0.25) is 0 Å². The predicted molar refractivity (Wildman–Crippen MR) is 140 cm³/mol. The van der Waals surface area contributed by atoms with Gasteiger partial charge in [-0.25, -0.2) is 4.98 Å². The van der Waals surface area contributed by atoms with Crippen LogP contribution in [0.5, 0.6) is 11.5 Å². The van der Waals surface area contributed by atoms with Crippen LogP contribution in [0.2, 0.25) is 0 Å². The molecule has 0 radical (unpaired) electrons. The van der Waals surface area contributed by atoms with Crippen molar-refractivity contribution in [2.24, 2.45) is 0 Å². The lowest BCUT2D eigenvalue weighted by Gasteiger charge is -2.23. The van der Waals surface area contributed by atoms with Crippen molar-refractivity contribution >= 4 is 44.1 Å². The number of carbonyl (C=O) groups excluding carboxylic acids is 2. The number of aliphatic hydroxyl groups is 1. The fourth-order valence-corrected chi connectivity index (χ4v) is 5.40. The number of methoxy groups -OCH3 is 1. The van der Waals surface area contributed by atoms with Crippen molar-refractivity contribution in [2.45, 2.75) is 19.9 Å². The molecule has 1 amide bonds. The zero-order valence-corrected chi connectivity index (χ0v) is 20.8. The molecule has 0 bridgehead atoms. The number of benzene rings is 3. The van der Waals surface area contributed by atoms with E-state index in [0.717, 1.165) is 15.8 Å². The molecule has 8 heteroatoms. The first-order chi connectivity index (χ1) is 17.4. The monoisotopic (exact) mass is 500 g/mol. The van der Waals surface area contributed by atoms with Gasteiger partial charge in [-0.15, -0.1) is 0 Å². The number of hydrogen-bond acceptors (Lipinski definition) is 7. The van der Waals surface area contributed by atoms with E-state index in [4.69, 9.17) is 9.47 Å². The number of ether oxygens (including phenoxy) is 2. The Morgan fingerprint density at radius 3 is 2.56 bits per heavy atom. The topological polar surface area (TPSA) is 89.0 Å². The number of thiazole rings is 1. The van der Waals surface area contributed by atoms with Crippen LogP contribution in [0.4, 0.5) is 5.13 Å². The zero-order valence-electron chi connectivity index (χ0n) is 20.0. The minimum Gasteiger partial charge on any atom is -0.507 e. The molecule has 4 aromatic rings. The summed E-state index contributed by atoms with van der Waals surface area (Å²) in [6, 6.07) is 18.8. The average molecular weight is 501 g/mol. The Labute approximate surface area is 212 Å². The highest BCUT2D eigenvalue weighted by molar-refractivity contribution is 7.22. The van der Waals surface area contributed by atoms with E-state index in [0.29, 0.717) is 34.4 Å². The molecular formula is C28H24N2O5S. The smallest absolute Gasteiger partial charge is 0.301 e. The second-order valence-electron chi connectivity index (χ2n) is 8.37. The predicted octanol–water partition coefficient (Wildman–Crippen LogP) is 5.64. The molecule has 36 heavy (non-hydrogen) atoms. The third-order valence-corrected chi connectivity index (χ3v) is 7.05. The number of aliphatic hydroxyl groups excluding tert-OH is 1. The lowest BCUT2D eigenvalue weighted by atomic mass is 9.95. The van der Waals surface area contributed by atoms with Crippen LogP contribution in [0.1, 0.15) is 29.7 Å². The Kier molecular flexibility index (Phi) is 6.20. The quantitative estimate of drug-likeness (QED) is 0.209. The fourth-order valence-electron chi connectivity index (χ4n) is 4.31. The Bertz CT molecular complexity index is 1510. The minimum atomic E-state index is -0.881. The highest BCUT2D eigenvalue weighted by atomic mass is 32.1. The molecule has 1 fully saturated rings. The van der Waals surface area contributed by atoms with Gasteiger partial charge in [-0.05, 0) is 73.5 Å². The Balaban J connectivity index is 1.69. The number of amides is 1. The van der Waals surface area contributed by atoms with Gasteiger partial charge in [-0.2, -0.15) is 0 Å². The summed E-state index contributed by atoms with van der Waals surface area (Å²) < 4.78 is 11.8.